The van der Waals surface area contributed by atoms with Crippen LogP contribution in [0.15, 0.2) is 85.1 Å². The summed E-state index contributed by atoms with van der Waals surface area (Å²) in [4.78, 5) is 125. The van der Waals surface area contributed by atoms with E-state index in [1.54, 1.807) is 42.6 Å². The lowest BCUT2D eigenvalue weighted by atomic mass is 9.99. The van der Waals surface area contributed by atoms with Crippen molar-refractivity contribution >= 4 is 85.7 Å². The lowest BCUT2D eigenvalue weighted by Gasteiger charge is -2.36. The molecule has 1 saturated heterocycles. The van der Waals surface area contributed by atoms with Gasteiger partial charge in [0.25, 0.3) is 0 Å². The minimum absolute atomic E-state index is 0.0658. The maximum Gasteiger partial charge on any atom is 0.490 e. The van der Waals surface area contributed by atoms with E-state index in [9.17, 15) is 66.8 Å². The standard InChI is InChI=1S/C50H67N11O11S2.C2HF3O2/c1-26(62)39(42(53)65)59-49(72)41-50(3,4)74-73-25-38(58-43(66)33(52)21-28-11-6-5-7-12-28)47(70)56-36(22-29-16-18-31(64)19-17-29)45(68)57-37(23-30-24-54-34-14-9-8-13-32(30)34)46(69)55-35(15-10-20-51)44(67)60-40(27(2)63)48(71)61-41;3-2(4,5)1(6)7/h5-9,11-14,16-19,24,26-27,33,35-41,54,62-64H,10,15,20-23,25,51-52H2,1-4H3,(H2,53,65)(H,55,69)(H,56,70)(H,57,68)(H,58,66)(H,59,72)(H,60,67)(H,61,71);(H,6,7)/t26-,27-,33-,35?,36+,37-,38+,39+,40+,41-;/m1./s1. The molecule has 29 heteroatoms. The number of para-hydroxylation sites is 1. The third-order valence-electron chi connectivity index (χ3n) is 12.5. The minimum atomic E-state index is -5.08. The number of halogens is 3. The van der Waals surface area contributed by atoms with Crippen molar-refractivity contribution in [1.29, 1.82) is 0 Å². The minimum Gasteiger partial charge on any atom is -0.508 e. The zero-order valence-corrected chi connectivity index (χ0v) is 46.1. The van der Waals surface area contributed by atoms with Crippen LogP contribution in [0.3, 0.4) is 0 Å². The fraction of sp³-hybridized carbons (Fsp3) is 0.442. The van der Waals surface area contributed by atoms with Crippen LogP contribution in [0, 0.1) is 0 Å². The highest BCUT2D eigenvalue weighted by Gasteiger charge is 2.43. The van der Waals surface area contributed by atoms with Crippen LogP contribution in [-0.4, -0.2) is 162 Å². The summed E-state index contributed by atoms with van der Waals surface area (Å²) in [6.45, 7) is 5.57. The molecule has 0 radical (unpaired) electrons. The Morgan fingerprint density at radius 1 is 0.778 bits per heavy atom. The number of aromatic hydroxyl groups is 1. The summed E-state index contributed by atoms with van der Waals surface area (Å²) in [5.74, 6) is -10.5. The molecule has 3 aromatic carbocycles. The number of carbonyl (C=O) groups excluding carboxylic acids is 8. The Labute approximate surface area is 471 Å². The number of alkyl halides is 3. The van der Waals surface area contributed by atoms with E-state index >= 15 is 0 Å². The molecule has 81 heavy (non-hydrogen) atoms. The molecule has 1 aliphatic rings. The first-order chi connectivity index (χ1) is 38.0. The van der Waals surface area contributed by atoms with Gasteiger partial charge in [-0.2, -0.15) is 13.2 Å². The molecule has 4 aromatic rings. The molecule has 1 unspecified atom stereocenters. The Hall–Kier alpha value is -7.44. The molecule has 10 atom stereocenters. The summed E-state index contributed by atoms with van der Waals surface area (Å²) < 4.78 is 30.3. The highest BCUT2D eigenvalue weighted by Crippen LogP contribution is 2.39. The van der Waals surface area contributed by atoms with Gasteiger partial charge >= 0.3 is 12.1 Å². The predicted molar refractivity (Wildman–Crippen MR) is 294 cm³/mol. The van der Waals surface area contributed by atoms with Gasteiger partial charge in [0, 0.05) is 40.4 Å². The number of benzene rings is 3. The van der Waals surface area contributed by atoms with Gasteiger partial charge in [0.15, 0.2) is 0 Å². The van der Waals surface area contributed by atoms with E-state index in [4.69, 9.17) is 27.1 Å². The SMILES string of the molecule is C[C@@H](O)[C@H](NC(=O)[C@H]1NC(=O)[C@H]([C@@H](C)O)NC(=O)C(CCCN)NC(=O)[C@@H](Cc2c[nH]c3ccccc23)NC(=O)[C@H](Cc2ccc(O)cc2)NC(=O)[C@@H](NC(=O)[C@H](N)Cc2ccccc2)CSSC1(C)C)C(N)=O.O=C(O)C(F)(F)F. The maximum absolute atomic E-state index is 14.8. The van der Waals surface area contributed by atoms with Crippen molar-refractivity contribution in [3.63, 3.8) is 0 Å². The second kappa shape index (κ2) is 30.4. The number of phenolic OH excluding ortho intramolecular Hbond substituents is 1. The highest BCUT2D eigenvalue weighted by atomic mass is 33.1. The second-order valence-corrected chi connectivity index (χ2v) is 22.5. The Morgan fingerprint density at radius 2 is 1.35 bits per heavy atom. The summed E-state index contributed by atoms with van der Waals surface area (Å²) in [5.41, 5.74) is 20.3. The van der Waals surface area contributed by atoms with Crippen LogP contribution in [0.2, 0.25) is 0 Å². The number of aromatic nitrogens is 1. The molecule has 5 rings (SSSR count). The zero-order chi connectivity index (χ0) is 60.4. The lowest BCUT2D eigenvalue weighted by Crippen LogP contribution is -2.65. The Morgan fingerprint density at radius 3 is 1.93 bits per heavy atom. The van der Waals surface area contributed by atoms with E-state index < -0.39 is 125 Å². The maximum atomic E-state index is 14.8. The van der Waals surface area contributed by atoms with Crippen molar-refractivity contribution in [2.24, 2.45) is 17.2 Å². The van der Waals surface area contributed by atoms with Gasteiger partial charge in [0.2, 0.25) is 47.3 Å². The predicted octanol–water partition coefficient (Wildman–Crippen LogP) is -0.585. The van der Waals surface area contributed by atoms with Crippen molar-refractivity contribution in [1.82, 2.24) is 42.2 Å². The number of carboxylic acids is 1. The van der Waals surface area contributed by atoms with Gasteiger partial charge in [0.05, 0.1) is 18.2 Å². The van der Waals surface area contributed by atoms with E-state index in [0.29, 0.717) is 11.1 Å². The molecule has 1 aromatic heterocycles. The first-order valence-corrected chi connectivity index (χ1v) is 27.6. The number of amides is 8. The number of aliphatic hydroxyl groups excluding tert-OH is 2. The number of H-pyrrole nitrogens is 1. The molecule has 1 aliphatic heterocycles. The summed E-state index contributed by atoms with van der Waals surface area (Å²) in [5, 5.41) is 57.7. The summed E-state index contributed by atoms with van der Waals surface area (Å²) in [6.07, 6.45) is -6.61. The van der Waals surface area contributed by atoms with E-state index in [1.807, 2.05) is 18.2 Å². The largest absolute Gasteiger partial charge is 0.508 e. The third kappa shape index (κ3) is 20.3. The van der Waals surface area contributed by atoms with Crippen LogP contribution in [0.25, 0.3) is 10.9 Å². The molecule has 0 saturated carbocycles. The van der Waals surface area contributed by atoms with Crippen LogP contribution in [0.5, 0.6) is 5.75 Å². The molecular weight excluding hydrogens is 1110 g/mol. The lowest BCUT2D eigenvalue weighted by molar-refractivity contribution is -0.192. The average Bonchev–Trinajstić information content (AvgIpc) is 3.91. The third-order valence-corrected chi connectivity index (χ3v) is 15.8. The van der Waals surface area contributed by atoms with Crippen LogP contribution in [0.1, 0.15) is 57.2 Å². The van der Waals surface area contributed by atoms with Crippen LogP contribution >= 0.6 is 21.6 Å². The number of aromatic amines is 1. The number of rotatable bonds is 16. The van der Waals surface area contributed by atoms with E-state index in [1.165, 1.54) is 52.0 Å². The quantitative estimate of drug-likeness (QED) is 0.0624. The zero-order valence-electron chi connectivity index (χ0n) is 44.5. The van der Waals surface area contributed by atoms with Gasteiger partial charge in [-0.3, -0.25) is 38.4 Å². The van der Waals surface area contributed by atoms with Gasteiger partial charge in [0.1, 0.15) is 48.0 Å². The topological polar surface area (TPSA) is 413 Å². The van der Waals surface area contributed by atoms with Crippen LogP contribution in [0.4, 0.5) is 13.2 Å². The monoisotopic (exact) mass is 1180 g/mol. The summed E-state index contributed by atoms with van der Waals surface area (Å²) in [7, 11) is 1.94. The molecule has 442 valence electrons. The van der Waals surface area contributed by atoms with Gasteiger partial charge in [-0.25, -0.2) is 4.79 Å². The number of fused-ring (bicyclic) bond motifs is 1. The first-order valence-electron chi connectivity index (χ1n) is 25.2. The Kier molecular flexibility index (Phi) is 24.8. The molecular formula is C52H68F3N11O13S2. The van der Waals surface area contributed by atoms with Gasteiger partial charge < -0.3 is 79.8 Å². The first kappa shape index (κ1) is 66.1. The number of phenols is 1. The Balaban J connectivity index is 0.00000189. The van der Waals surface area contributed by atoms with Crippen molar-refractivity contribution in [3.8, 4) is 5.75 Å². The van der Waals surface area contributed by atoms with E-state index in [2.05, 4.69) is 42.2 Å². The number of carbonyl (C=O) groups is 9. The molecule has 8 amide bonds. The van der Waals surface area contributed by atoms with Crippen molar-refractivity contribution < 1.29 is 76.7 Å². The molecule has 18 N–H and O–H groups in total. The molecule has 2 heterocycles. The normalized spacial score (nSPS) is 22.0. The van der Waals surface area contributed by atoms with Gasteiger partial charge in [-0.05, 0) is 88.4 Å². The molecule has 0 spiro atoms. The Bertz CT molecular complexity index is 2830. The average molecular weight is 1180 g/mol. The number of carboxylic acid groups (broad SMARTS) is 1. The second-order valence-electron chi connectivity index (χ2n) is 19.5. The number of nitrogens with one attached hydrogen (secondary N) is 8. The number of nitrogens with two attached hydrogens (primary N) is 3. The molecule has 0 bridgehead atoms. The molecule has 24 nitrogen and oxygen atoms in total. The highest BCUT2D eigenvalue weighted by molar-refractivity contribution is 8.77. The van der Waals surface area contributed by atoms with E-state index in [-0.39, 0.29) is 50.2 Å². The van der Waals surface area contributed by atoms with Gasteiger partial charge in [-0.1, -0.05) is 82.3 Å². The van der Waals surface area contributed by atoms with E-state index in [0.717, 1.165) is 38.1 Å². The number of hydrogen-bond acceptors (Lipinski definition) is 16. The fourth-order valence-corrected chi connectivity index (χ4v) is 10.9. The summed E-state index contributed by atoms with van der Waals surface area (Å²) >= 11 is 0. The number of hydrogen-bond donors (Lipinski definition) is 15. The van der Waals surface area contributed by atoms with Crippen molar-refractivity contribution in [2.45, 2.75) is 131 Å². The van der Waals surface area contributed by atoms with Crippen LogP contribution < -0.4 is 54.4 Å². The number of aliphatic carboxylic acids is 1. The molecule has 1 fully saturated rings. The molecule has 0 aliphatic carbocycles. The van der Waals surface area contributed by atoms with Crippen molar-refractivity contribution in [2.75, 3.05) is 12.3 Å². The van der Waals surface area contributed by atoms with Crippen molar-refractivity contribution in [3.05, 3.63) is 102 Å². The fourth-order valence-electron chi connectivity index (χ4n) is 8.05. The smallest absolute Gasteiger partial charge is 0.490 e. The summed E-state index contributed by atoms with van der Waals surface area (Å²) in [6, 6.07) is 10.1. The number of aliphatic hydroxyl groups is 2. The van der Waals surface area contributed by atoms with Crippen LogP contribution in [-0.2, 0) is 62.4 Å². The number of primary amides is 1. The van der Waals surface area contributed by atoms with Gasteiger partial charge in [-0.15, -0.1) is 0 Å².